The van der Waals surface area contributed by atoms with Crippen molar-refractivity contribution in [1.29, 1.82) is 0 Å². The van der Waals surface area contributed by atoms with Gasteiger partial charge in [-0.2, -0.15) is 11.8 Å². The number of amides is 3. The van der Waals surface area contributed by atoms with Crippen molar-refractivity contribution >= 4 is 41.4 Å². The van der Waals surface area contributed by atoms with E-state index in [0.717, 1.165) is 6.92 Å². The van der Waals surface area contributed by atoms with Gasteiger partial charge >= 0.3 is 11.9 Å². The normalized spacial score (nSPS) is 14.8. The molecule has 0 bridgehead atoms. The van der Waals surface area contributed by atoms with Crippen molar-refractivity contribution in [2.45, 2.75) is 50.4 Å². The van der Waals surface area contributed by atoms with Crippen LogP contribution in [0.1, 0.15) is 26.2 Å². The summed E-state index contributed by atoms with van der Waals surface area (Å²) in [5.74, 6) is -4.38. The molecule has 0 saturated heterocycles. The molecule has 0 rings (SSSR count). The van der Waals surface area contributed by atoms with E-state index in [-0.39, 0.29) is 6.42 Å². The van der Waals surface area contributed by atoms with Gasteiger partial charge in [0.25, 0.3) is 0 Å². The molecule has 3 amide bonds. The maximum Gasteiger partial charge on any atom is 0.328 e. The highest BCUT2D eigenvalue weighted by atomic mass is 32.2. The van der Waals surface area contributed by atoms with Gasteiger partial charge in [-0.15, -0.1) is 0 Å². The Bertz CT molecular complexity index is 601. The van der Waals surface area contributed by atoms with Gasteiger partial charge in [-0.3, -0.25) is 19.2 Å². The molecule has 0 aliphatic heterocycles. The number of aliphatic hydroxyl groups excluding tert-OH is 1. The van der Waals surface area contributed by atoms with E-state index in [9.17, 15) is 29.1 Å². The maximum atomic E-state index is 12.3. The number of aliphatic hydroxyl groups is 1. The summed E-state index contributed by atoms with van der Waals surface area (Å²) in [7, 11) is 0. The number of thioether (sulfide) groups is 1. The average molecular weight is 436 g/mol. The second kappa shape index (κ2) is 13.7. The number of carbonyl (C=O) groups is 5. The summed E-state index contributed by atoms with van der Waals surface area (Å²) in [6.07, 6.45) is 0.0483. The van der Waals surface area contributed by atoms with Crippen molar-refractivity contribution in [1.82, 2.24) is 16.0 Å². The minimum absolute atomic E-state index is 0.319. The Morgan fingerprint density at radius 3 is 2.14 bits per heavy atom. The van der Waals surface area contributed by atoms with E-state index in [2.05, 4.69) is 10.6 Å². The Morgan fingerprint density at radius 2 is 1.66 bits per heavy atom. The van der Waals surface area contributed by atoms with Crippen LogP contribution in [0.25, 0.3) is 0 Å². The standard InChI is InChI=1S/C16H28N4O8S/c1-8(21)13(16(27)28)20-15(26)10(3-4-12(23)24)19-11(22)7-18-14(25)9(17)5-6-29-2/h8-10,13,21H,3-7,17H2,1-2H3,(H,18,25)(H,19,22)(H,20,26)(H,23,24)(H,27,28). The smallest absolute Gasteiger partial charge is 0.328 e. The zero-order valence-corrected chi connectivity index (χ0v) is 17.0. The SMILES string of the molecule is CSCCC(N)C(=O)NCC(=O)NC(CCC(=O)O)C(=O)NC(C(=O)O)C(C)O. The Kier molecular flexibility index (Phi) is 12.6. The highest BCUT2D eigenvalue weighted by molar-refractivity contribution is 7.98. The van der Waals surface area contributed by atoms with Crippen molar-refractivity contribution in [3.05, 3.63) is 0 Å². The van der Waals surface area contributed by atoms with Crippen LogP contribution in [0, 0.1) is 0 Å². The summed E-state index contributed by atoms with van der Waals surface area (Å²) in [5, 5.41) is 33.8. The van der Waals surface area contributed by atoms with Crippen LogP contribution in [0.4, 0.5) is 0 Å². The Labute approximate surface area is 172 Å². The minimum Gasteiger partial charge on any atom is -0.481 e. The summed E-state index contributed by atoms with van der Waals surface area (Å²) in [6.45, 7) is 0.654. The molecule has 0 spiro atoms. The van der Waals surface area contributed by atoms with Crippen LogP contribution in [-0.2, 0) is 24.0 Å². The van der Waals surface area contributed by atoms with Crippen molar-refractivity contribution < 1.29 is 39.3 Å². The summed E-state index contributed by atoms with van der Waals surface area (Å²) < 4.78 is 0. The van der Waals surface area contributed by atoms with Crippen molar-refractivity contribution in [2.24, 2.45) is 5.73 Å². The molecular formula is C16H28N4O8S. The molecule has 13 heteroatoms. The fourth-order valence-corrected chi connectivity index (χ4v) is 2.59. The monoisotopic (exact) mass is 436 g/mol. The molecule has 4 atom stereocenters. The number of carboxylic acids is 2. The molecule has 0 aromatic carbocycles. The molecule has 0 radical (unpaired) electrons. The van der Waals surface area contributed by atoms with Gasteiger partial charge in [0.2, 0.25) is 17.7 Å². The maximum absolute atomic E-state index is 12.3. The number of nitrogens with one attached hydrogen (secondary N) is 3. The number of aliphatic carboxylic acids is 2. The number of hydrogen-bond donors (Lipinski definition) is 7. The lowest BCUT2D eigenvalue weighted by Crippen LogP contribution is -2.56. The van der Waals surface area contributed by atoms with Crippen molar-refractivity contribution in [3.63, 3.8) is 0 Å². The van der Waals surface area contributed by atoms with Crippen LogP contribution in [0.15, 0.2) is 0 Å². The predicted octanol–water partition coefficient (Wildman–Crippen LogP) is -2.52. The molecule has 0 saturated carbocycles. The number of rotatable bonds is 14. The molecule has 8 N–H and O–H groups in total. The van der Waals surface area contributed by atoms with Crippen LogP contribution in [-0.4, -0.2) is 87.8 Å². The third-order valence-electron chi connectivity index (χ3n) is 3.74. The Morgan fingerprint density at radius 1 is 1.03 bits per heavy atom. The average Bonchev–Trinajstić information content (AvgIpc) is 2.64. The summed E-state index contributed by atoms with van der Waals surface area (Å²) in [6, 6.07) is -3.81. The molecule has 166 valence electrons. The molecule has 0 aliphatic rings. The third kappa shape index (κ3) is 11.3. The lowest BCUT2D eigenvalue weighted by atomic mass is 10.1. The summed E-state index contributed by atoms with van der Waals surface area (Å²) >= 11 is 1.51. The third-order valence-corrected chi connectivity index (χ3v) is 4.38. The zero-order valence-electron chi connectivity index (χ0n) is 16.2. The summed E-state index contributed by atoms with van der Waals surface area (Å²) in [5.41, 5.74) is 5.67. The molecule has 0 aromatic rings. The Hall–Kier alpha value is -2.38. The minimum atomic E-state index is -1.64. The second-order valence-corrected chi connectivity index (χ2v) is 7.21. The van der Waals surface area contributed by atoms with Crippen LogP contribution >= 0.6 is 11.8 Å². The molecule has 0 aromatic heterocycles. The van der Waals surface area contributed by atoms with Gasteiger partial charge in [-0.25, -0.2) is 4.79 Å². The number of nitrogens with two attached hydrogens (primary N) is 1. The second-order valence-electron chi connectivity index (χ2n) is 6.22. The van der Waals surface area contributed by atoms with Gasteiger partial charge in [-0.1, -0.05) is 0 Å². The highest BCUT2D eigenvalue weighted by Crippen LogP contribution is 2.02. The van der Waals surface area contributed by atoms with E-state index in [4.69, 9.17) is 15.9 Å². The highest BCUT2D eigenvalue weighted by Gasteiger charge is 2.29. The molecule has 4 unspecified atom stereocenters. The van der Waals surface area contributed by atoms with E-state index in [1.54, 1.807) is 0 Å². The summed E-state index contributed by atoms with van der Waals surface area (Å²) in [4.78, 5) is 58.0. The molecule has 0 heterocycles. The van der Waals surface area contributed by atoms with Gasteiger partial charge in [0.15, 0.2) is 6.04 Å². The first-order valence-electron chi connectivity index (χ1n) is 8.74. The van der Waals surface area contributed by atoms with Crippen LogP contribution in [0.5, 0.6) is 0 Å². The first-order chi connectivity index (χ1) is 13.5. The van der Waals surface area contributed by atoms with Gasteiger partial charge in [-0.05, 0) is 31.8 Å². The van der Waals surface area contributed by atoms with Crippen LogP contribution < -0.4 is 21.7 Å². The fraction of sp³-hybridized carbons (Fsp3) is 0.688. The topological polar surface area (TPSA) is 208 Å². The predicted molar refractivity (Wildman–Crippen MR) is 104 cm³/mol. The van der Waals surface area contributed by atoms with Gasteiger partial charge in [0.1, 0.15) is 6.04 Å². The molecule has 12 nitrogen and oxygen atoms in total. The van der Waals surface area contributed by atoms with E-state index >= 15 is 0 Å². The van der Waals surface area contributed by atoms with Gasteiger partial charge in [0, 0.05) is 6.42 Å². The lowest BCUT2D eigenvalue weighted by molar-refractivity contribution is -0.145. The van der Waals surface area contributed by atoms with E-state index in [1.807, 2.05) is 11.6 Å². The first kappa shape index (κ1) is 26.6. The number of carboxylic acid groups (broad SMARTS) is 2. The molecule has 0 aliphatic carbocycles. The van der Waals surface area contributed by atoms with Gasteiger partial charge in [0.05, 0.1) is 18.7 Å². The molecular weight excluding hydrogens is 408 g/mol. The molecule has 29 heavy (non-hydrogen) atoms. The largest absolute Gasteiger partial charge is 0.481 e. The molecule has 0 fully saturated rings. The zero-order chi connectivity index (χ0) is 22.6. The number of hydrogen-bond acceptors (Lipinski definition) is 8. The van der Waals surface area contributed by atoms with Crippen LogP contribution in [0.3, 0.4) is 0 Å². The number of carbonyl (C=O) groups excluding carboxylic acids is 3. The van der Waals surface area contributed by atoms with E-state index in [0.29, 0.717) is 12.2 Å². The fourth-order valence-electron chi connectivity index (χ4n) is 2.10. The van der Waals surface area contributed by atoms with Crippen LogP contribution in [0.2, 0.25) is 0 Å². The lowest BCUT2D eigenvalue weighted by Gasteiger charge is -2.22. The quantitative estimate of drug-likeness (QED) is 0.152. The van der Waals surface area contributed by atoms with Crippen molar-refractivity contribution in [3.8, 4) is 0 Å². The van der Waals surface area contributed by atoms with Crippen molar-refractivity contribution in [2.75, 3.05) is 18.6 Å². The van der Waals surface area contributed by atoms with Gasteiger partial charge < -0.3 is 37.0 Å². The first-order valence-corrected chi connectivity index (χ1v) is 10.1. The van der Waals surface area contributed by atoms with E-state index in [1.165, 1.54) is 11.8 Å². The van der Waals surface area contributed by atoms with E-state index < -0.39 is 66.9 Å². The Balaban J connectivity index is 4.89.